The summed E-state index contributed by atoms with van der Waals surface area (Å²) in [6, 6.07) is 0.432. The number of nitrogens with one attached hydrogen (secondary N) is 1. The molecule has 0 bridgehead atoms. The molecule has 1 heterocycles. The van der Waals surface area contributed by atoms with Crippen molar-refractivity contribution in [1.82, 2.24) is 5.43 Å². The molecule has 3 N–H and O–H groups in total. The number of hydrazine groups is 1. The van der Waals surface area contributed by atoms with Gasteiger partial charge < -0.3 is 4.74 Å². The summed E-state index contributed by atoms with van der Waals surface area (Å²) in [7, 11) is 0. The topological polar surface area (TPSA) is 47.3 Å². The van der Waals surface area contributed by atoms with Crippen molar-refractivity contribution in [2.75, 3.05) is 6.61 Å². The third-order valence-electron chi connectivity index (χ3n) is 6.16. The van der Waals surface area contributed by atoms with Crippen molar-refractivity contribution < 1.29 is 4.74 Å². The van der Waals surface area contributed by atoms with Gasteiger partial charge in [-0.15, -0.1) is 0 Å². The van der Waals surface area contributed by atoms with Gasteiger partial charge in [-0.1, -0.05) is 47.0 Å². The molecule has 0 aromatic carbocycles. The Balaban J connectivity index is 1.97. The number of rotatable bonds is 4. The molecule has 124 valence electrons. The summed E-state index contributed by atoms with van der Waals surface area (Å²) in [6.07, 6.45) is 10.1. The lowest BCUT2D eigenvalue weighted by Gasteiger charge is -2.46. The summed E-state index contributed by atoms with van der Waals surface area (Å²) >= 11 is 0. The fourth-order valence-corrected chi connectivity index (χ4v) is 4.08. The van der Waals surface area contributed by atoms with E-state index in [1.807, 2.05) is 0 Å². The van der Waals surface area contributed by atoms with E-state index in [1.165, 1.54) is 44.9 Å². The molecule has 3 unspecified atom stereocenters. The summed E-state index contributed by atoms with van der Waals surface area (Å²) in [5.41, 5.74) is 3.67. The van der Waals surface area contributed by atoms with Crippen molar-refractivity contribution >= 4 is 0 Å². The molecule has 2 aliphatic rings. The molecule has 3 heteroatoms. The van der Waals surface area contributed by atoms with Crippen LogP contribution < -0.4 is 11.3 Å². The number of hydrogen-bond acceptors (Lipinski definition) is 3. The van der Waals surface area contributed by atoms with Gasteiger partial charge in [0.15, 0.2) is 0 Å². The van der Waals surface area contributed by atoms with Crippen LogP contribution >= 0.6 is 0 Å². The van der Waals surface area contributed by atoms with Gasteiger partial charge in [0.05, 0.1) is 5.60 Å². The van der Waals surface area contributed by atoms with Crippen LogP contribution in [0, 0.1) is 17.3 Å². The quantitative estimate of drug-likeness (QED) is 0.608. The van der Waals surface area contributed by atoms with Crippen LogP contribution in [0.15, 0.2) is 0 Å². The van der Waals surface area contributed by atoms with Gasteiger partial charge in [0, 0.05) is 12.6 Å². The SMILES string of the molecule is CC(CC(NN)C1CCOC2(CCCCC2)C1)C(C)(C)C. The summed E-state index contributed by atoms with van der Waals surface area (Å²) in [5.74, 6) is 7.27. The molecule has 0 aromatic heterocycles. The molecule has 21 heavy (non-hydrogen) atoms. The first kappa shape index (κ1) is 17.2. The van der Waals surface area contributed by atoms with Crippen molar-refractivity contribution in [3.63, 3.8) is 0 Å². The minimum Gasteiger partial charge on any atom is -0.375 e. The second-order valence-corrected chi connectivity index (χ2v) is 8.62. The lowest BCUT2D eigenvalue weighted by molar-refractivity contribution is -0.123. The Morgan fingerprint density at radius 1 is 1.24 bits per heavy atom. The van der Waals surface area contributed by atoms with Gasteiger partial charge in [0.2, 0.25) is 0 Å². The molecule has 3 atom stereocenters. The zero-order chi connectivity index (χ0) is 15.5. The molecule has 1 aliphatic carbocycles. The maximum Gasteiger partial charge on any atom is 0.0685 e. The molecule has 2 fully saturated rings. The van der Waals surface area contributed by atoms with Crippen LogP contribution in [0.25, 0.3) is 0 Å². The van der Waals surface area contributed by atoms with Gasteiger partial charge >= 0.3 is 0 Å². The standard InChI is InChI=1S/C18H36N2O/c1-14(17(2,3)4)12-16(20-19)15-8-11-21-18(13-15)9-6-5-7-10-18/h14-16,20H,5-13,19H2,1-4H3. The van der Waals surface area contributed by atoms with E-state index in [2.05, 4.69) is 33.1 Å². The molecule has 3 nitrogen and oxygen atoms in total. The molecule has 1 saturated carbocycles. The summed E-state index contributed by atoms with van der Waals surface area (Å²) in [5, 5.41) is 0. The minimum atomic E-state index is 0.182. The van der Waals surface area contributed by atoms with E-state index in [0.717, 1.165) is 13.0 Å². The van der Waals surface area contributed by atoms with Crippen molar-refractivity contribution in [3.8, 4) is 0 Å². The second-order valence-electron chi connectivity index (χ2n) is 8.62. The molecule has 0 aromatic rings. The van der Waals surface area contributed by atoms with E-state index >= 15 is 0 Å². The largest absolute Gasteiger partial charge is 0.375 e. The van der Waals surface area contributed by atoms with E-state index in [0.29, 0.717) is 23.3 Å². The smallest absolute Gasteiger partial charge is 0.0685 e. The normalized spacial score (nSPS) is 29.3. The highest BCUT2D eigenvalue weighted by molar-refractivity contribution is 4.93. The van der Waals surface area contributed by atoms with Crippen LogP contribution in [-0.4, -0.2) is 18.2 Å². The number of nitrogens with two attached hydrogens (primary N) is 1. The first-order valence-electron chi connectivity index (χ1n) is 8.96. The Labute approximate surface area is 131 Å². The van der Waals surface area contributed by atoms with E-state index in [-0.39, 0.29) is 5.60 Å². The average molecular weight is 296 g/mol. The zero-order valence-corrected chi connectivity index (χ0v) is 14.6. The van der Waals surface area contributed by atoms with Crippen molar-refractivity contribution in [1.29, 1.82) is 0 Å². The summed E-state index contributed by atoms with van der Waals surface area (Å²) in [6.45, 7) is 10.3. The van der Waals surface area contributed by atoms with Crippen LogP contribution in [0.4, 0.5) is 0 Å². The highest BCUT2D eigenvalue weighted by atomic mass is 16.5. The van der Waals surface area contributed by atoms with Crippen LogP contribution in [0.3, 0.4) is 0 Å². The summed E-state index contributed by atoms with van der Waals surface area (Å²) in [4.78, 5) is 0. The Hall–Kier alpha value is -0.120. The lowest BCUT2D eigenvalue weighted by atomic mass is 9.71. The first-order chi connectivity index (χ1) is 9.86. The van der Waals surface area contributed by atoms with Gasteiger partial charge in [0.25, 0.3) is 0 Å². The van der Waals surface area contributed by atoms with Crippen molar-refractivity contribution in [2.45, 2.75) is 90.7 Å². The fraction of sp³-hybridized carbons (Fsp3) is 1.00. The van der Waals surface area contributed by atoms with Gasteiger partial charge in [0.1, 0.15) is 0 Å². The number of hydrogen-bond donors (Lipinski definition) is 2. The van der Waals surface area contributed by atoms with Crippen LogP contribution in [-0.2, 0) is 4.74 Å². The molecule has 1 saturated heterocycles. The predicted octanol–water partition coefficient (Wildman–Crippen LogP) is 4.02. The monoisotopic (exact) mass is 296 g/mol. The maximum atomic E-state index is 6.23. The lowest BCUT2D eigenvalue weighted by Crippen LogP contribution is -2.50. The van der Waals surface area contributed by atoms with Gasteiger partial charge in [-0.3, -0.25) is 11.3 Å². The molecule has 2 rings (SSSR count). The molecule has 0 radical (unpaired) electrons. The average Bonchev–Trinajstić information content (AvgIpc) is 2.44. The van der Waals surface area contributed by atoms with Crippen LogP contribution in [0.2, 0.25) is 0 Å². The Bertz CT molecular complexity index is 312. The molecule has 1 spiro atoms. The van der Waals surface area contributed by atoms with Crippen LogP contribution in [0.5, 0.6) is 0 Å². The molecular weight excluding hydrogens is 260 g/mol. The molecule has 0 amide bonds. The van der Waals surface area contributed by atoms with Gasteiger partial charge in [-0.2, -0.15) is 0 Å². The van der Waals surface area contributed by atoms with Crippen molar-refractivity contribution in [2.24, 2.45) is 23.1 Å². The Kier molecular flexibility index (Phi) is 5.72. The zero-order valence-electron chi connectivity index (χ0n) is 14.6. The fourth-order valence-electron chi connectivity index (χ4n) is 4.08. The maximum absolute atomic E-state index is 6.23. The first-order valence-corrected chi connectivity index (χ1v) is 8.96. The van der Waals surface area contributed by atoms with Crippen molar-refractivity contribution in [3.05, 3.63) is 0 Å². The predicted molar refractivity (Wildman–Crippen MR) is 88.8 cm³/mol. The van der Waals surface area contributed by atoms with E-state index in [4.69, 9.17) is 10.6 Å². The molecular formula is C18H36N2O. The summed E-state index contributed by atoms with van der Waals surface area (Å²) < 4.78 is 6.23. The molecule has 1 aliphatic heterocycles. The Morgan fingerprint density at radius 2 is 1.90 bits per heavy atom. The van der Waals surface area contributed by atoms with Gasteiger partial charge in [-0.25, -0.2) is 0 Å². The highest BCUT2D eigenvalue weighted by Crippen LogP contribution is 2.42. The van der Waals surface area contributed by atoms with Gasteiger partial charge in [-0.05, 0) is 49.4 Å². The minimum absolute atomic E-state index is 0.182. The number of ether oxygens (including phenoxy) is 1. The van der Waals surface area contributed by atoms with Crippen LogP contribution in [0.1, 0.15) is 79.1 Å². The Morgan fingerprint density at radius 3 is 2.48 bits per heavy atom. The third-order valence-corrected chi connectivity index (χ3v) is 6.16. The van der Waals surface area contributed by atoms with E-state index < -0.39 is 0 Å². The third kappa shape index (κ3) is 4.43. The van der Waals surface area contributed by atoms with E-state index in [1.54, 1.807) is 0 Å². The van der Waals surface area contributed by atoms with E-state index in [9.17, 15) is 0 Å². The highest BCUT2D eigenvalue weighted by Gasteiger charge is 2.41. The second kappa shape index (κ2) is 6.97.